The molecule has 0 saturated carbocycles. The fourth-order valence-electron chi connectivity index (χ4n) is 1.96. The minimum atomic E-state index is -0.0417. The van der Waals surface area contributed by atoms with Crippen molar-refractivity contribution in [3.63, 3.8) is 0 Å². The summed E-state index contributed by atoms with van der Waals surface area (Å²) < 4.78 is 6.95. The maximum absolute atomic E-state index is 12.1. The van der Waals surface area contributed by atoms with Crippen molar-refractivity contribution in [2.75, 3.05) is 20.3 Å². The van der Waals surface area contributed by atoms with Crippen LogP contribution in [0.25, 0.3) is 0 Å². The zero-order valence-electron chi connectivity index (χ0n) is 12.9. The molecule has 1 heterocycles. The van der Waals surface area contributed by atoms with Gasteiger partial charge in [-0.05, 0) is 24.1 Å². The fraction of sp³-hybridized carbons (Fsp3) is 0.375. The number of hydrogen-bond acceptors (Lipinski definition) is 4. The van der Waals surface area contributed by atoms with Gasteiger partial charge >= 0.3 is 0 Å². The number of nitrogens with one attached hydrogen (secondary N) is 1. The number of rotatable bonds is 8. The first-order valence-corrected chi connectivity index (χ1v) is 8.15. The molecule has 0 saturated heterocycles. The van der Waals surface area contributed by atoms with Crippen LogP contribution < -0.4 is 5.32 Å². The van der Waals surface area contributed by atoms with Gasteiger partial charge in [-0.1, -0.05) is 23.9 Å². The smallest absolute Gasteiger partial charge is 0.251 e. The van der Waals surface area contributed by atoms with Gasteiger partial charge in [0.2, 0.25) is 0 Å². The summed E-state index contributed by atoms with van der Waals surface area (Å²) in [4.78, 5) is 16.4. The van der Waals surface area contributed by atoms with Crippen LogP contribution in [-0.4, -0.2) is 35.7 Å². The second-order valence-corrected chi connectivity index (χ2v) is 5.85. The number of methoxy groups -OCH3 is 1. The summed E-state index contributed by atoms with van der Waals surface area (Å²) in [5.41, 5.74) is 1.80. The quantitative estimate of drug-likeness (QED) is 0.600. The van der Waals surface area contributed by atoms with E-state index in [4.69, 9.17) is 4.74 Å². The van der Waals surface area contributed by atoms with Gasteiger partial charge in [0, 0.05) is 51.0 Å². The van der Waals surface area contributed by atoms with Crippen LogP contribution in [0.1, 0.15) is 22.3 Å². The van der Waals surface area contributed by atoms with Crippen LogP contribution in [0.3, 0.4) is 0 Å². The molecule has 0 spiro atoms. The Morgan fingerprint density at radius 3 is 3.05 bits per heavy atom. The van der Waals surface area contributed by atoms with E-state index in [1.807, 2.05) is 42.1 Å². The molecule has 0 atom stereocenters. The highest BCUT2D eigenvalue weighted by molar-refractivity contribution is 7.98. The Balaban J connectivity index is 1.89. The summed E-state index contributed by atoms with van der Waals surface area (Å²) in [5, 5.41) is 3.86. The van der Waals surface area contributed by atoms with Crippen LogP contribution in [0.4, 0.5) is 0 Å². The zero-order valence-corrected chi connectivity index (χ0v) is 13.7. The maximum Gasteiger partial charge on any atom is 0.251 e. The van der Waals surface area contributed by atoms with Crippen molar-refractivity contribution in [1.29, 1.82) is 0 Å². The van der Waals surface area contributed by atoms with E-state index in [0.29, 0.717) is 18.7 Å². The van der Waals surface area contributed by atoms with E-state index in [-0.39, 0.29) is 5.91 Å². The number of ether oxygens (including phenoxy) is 1. The molecule has 1 aromatic heterocycles. The summed E-state index contributed by atoms with van der Waals surface area (Å²) >= 11 is 1.66. The molecular weight excluding hydrogens is 298 g/mol. The maximum atomic E-state index is 12.1. The average Bonchev–Trinajstić information content (AvgIpc) is 2.95. The molecule has 22 heavy (non-hydrogen) atoms. The molecule has 0 unspecified atom stereocenters. The molecule has 0 fully saturated rings. The van der Waals surface area contributed by atoms with Crippen LogP contribution in [0.15, 0.2) is 41.8 Å². The number of amides is 1. The predicted octanol–water partition coefficient (Wildman–Crippen LogP) is 2.48. The molecule has 1 N–H and O–H groups in total. The third-order valence-corrected chi connectivity index (χ3v) is 4.27. The van der Waals surface area contributed by atoms with E-state index in [9.17, 15) is 4.79 Å². The van der Waals surface area contributed by atoms with Crippen molar-refractivity contribution in [3.8, 4) is 0 Å². The lowest BCUT2D eigenvalue weighted by molar-refractivity contribution is 0.0948. The minimum Gasteiger partial charge on any atom is -0.385 e. The monoisotopic (exact) mass is 319 g/mol. The van der Waals surface area contributed by atoms with Crippen LogP contribution in [0, 0.1) is 0 Å². The summed E-state index contributed by atoms with van der Waals surface area (Å²) in [7, 11) is 3.63. The van der Waals surface area contributed by atoms with Crippen LogP contribution >= 0.6 is 11.8 Å². The Morgan fingerprint density at radius 2 is 2.32 bits per heavy atom. The van der Waals surface area contributed by atoms with E-state index < -0.39 is 0 Å². The van der Waals surface area contributed by atoms with E-state index >= 15 is 0 Å². The summed E-state index contributed by atoms with van der Waals surface area (Å²) in [5.74, 6) is 0.746. The van der Waals surface area contributed by atoms with Crippen LogP contribution in [0.2, 0.25) is 0 Å². The van der Waals surface area contributed by atoms with E-state index in [1.54, 1.807) is 25.1 Å². The van der Waals surface area contributed by atoms with Crippen molar-refractivity contribution < 1.29 is 9.53 Å². The third-order valence-electron chi connectivity index (χ3n) is 3.14. The highest BCUT2D eigenvalue weighted by atomic mass is 32.2. The van der Waals surface area contributed by atoms with Crippen molar-refractivity contribution in [3.05, 3.63) is 47.8 Å². The van der Waals surface area contributed by atoms with Crippen molar-refractivity contribution >= 4 is 17.7 Å². The molecule has 118 valence electrons. The van der Waals surface area contributed by atoms with Gasteiger partial charge < -0.3 is 14.6 Å². The molecule has 1 aromatic carbocycles. The van der Waals surface area contributed by atoms with Crippen LogP contribution in [0.5, 0.6) is 0 Å². The number of carbonyl (C=O) groups excluding carboxylic acids is 1. The van der Waals surface area contributed by atoms with Crippen molar-refractivity contribution in [2.24, 2.45) is 7.05 Å². The molecule has 0 aliphatic carbocycles. The second kappa shape index (κ2) is 8.60. The van der Waals surface area contributed by atoms with Gasteiger partial charge in [0.15, 0.2) is 5.16 Å². The molecule has 6 heteroatoms. The lowest BCUT2D eigenvalue weighted by Crippen LogP contribution is -2.25. The first-order valence-electron chi connectivity index (χ1n) is 7.17. The lowest BCUT2D eigenvalue weighted by atomic mass is 10.1. The number of benzene rings is 1. The summed E-state index contributed by atoms with van der Waals surface area (Å²) in [6.07, 6.45) is 4.52. The van der Waals surface area contributed by atoms with E-state index in [2.05, 4.69) is 10.3 Å². The Labute approximate surface area is 135 Å². The van der Waals surface area contributed by atoms with Gasteiger partial charge in [-0.15, -0.1) is 0 Å². The van der Waals surface area contributed by atoms with Gasteiger partial charge in [-0.3, -0.25) is 4.79 Å². The van der Waals surface area contributed by atoms with Gasteiger partial charge in [0.25, 0.3) is 5.91 Å². The molecule has 2 aromatic rings. The molecule has 0 aliphatic rings. The highest BCUT2D eigenvalue weighted by Crippen LogP contribution is 2.20. The predicted molar refractivity (Wildman–Crippen MR) is 88.0 cm³/mol. The Hall–Kier alpha value is -1.79. The first-order chi connectivity index (χ1) is 10.7. The summed E-state index contributed by atoms with van der Waals surface area (Å²) in [6, 6.07) is 7.71. The molecule has 2 rings (SSSR count). The van der Waals surface area contributed by atoms with Gasteiger partial charge in [-0.2, -0.15) is 0 Å². The topological polar surface area (TPSA) is 56.1 Å². The standard InChI is InChI=1S/C16H21N3O2S/c1-19-9-8-18-16(19)22-12-13-5-3-6-14(11-13)15(20)17-7-4-10-21-2/h3,5-6,8-9,11H,4,7,10,12H2,1-2H3,(H,17,20). The summed E-state index contributed by atoms with van der Waals surface area (Å²) in [6.45, 7) is 1.28. The SMILES string of the molecule is COCCCNC(=O)c1cccc(CSc2nccn2C)c1. The Kier molecular flexibility index (Phi) is 6.48. The molecule has 5 nitrogen and oxygen atoms in total. The highest BCUT2D eigenvalue weighted by Gasteiger charge is 2.07. The second-order valence-electron chi connectivity index (χ2n) is 4.91. The Bertz CT molecular complexity index is 613. The lowest BCUT2D eigenvalue weighted by Gasteiger charge is -2.07. The van der Waals surface area contributed by atoms with Gasteiger partial charge in [0.05, 0.1) is 0 Å². The fourth-order valence-corrected chi connectivity index (χ4v) is 2.84. The number of imidazole rings is 1. The average molecular weight is 319 g/mol. The zero-order chi connectivity index (χ0) is 15.8. The normalized spacial score (nSPS) is 10.6. The number of carbonyl (C=O) groups is 1. The van der Waals surface area contributed by atoms with Gasteiger partial charge in [0.1, 0.15) is 0 Å². The van der Waals surface area contributed by atoms with Crippen LogP contribution in [-0.2, 0) is 17.5 Å². The van der Waals surface area contributed by atoms with E-state index in [1.165, 1.54) is 0 Å². The molecule has 1 amide bonds. The van der Waals surface area contributed by atoms with Crippen molar-refractivity contribution in [2.45, 2.75) is 17.3 Å². The molecule has 0 bridgehead atoms. The molecule has 0 radical (unpaired) electrons. The minimum absolute atomic E-state index is 0.0417. The number of nitrogens with zero attached hydrogens (tertiary/aromatic N) is 2. The van der Waals surface area contributed by atoms with E-state index in [0.717, 1.165) is 22.9 Å². The van der Waals surface area contributed by atoms with Gasteiger partial charge in [-0.25, -0.2) is 4.98 Å². The Morgan fingerprint density at radius 1 is 1.45 bits per heavy atom. The first kappa shape index (κ1) is 16.6. The number of aryl methyl sites for hydroxylation is 1. The third kappa shape index (κ3) is 4.89. The molecular formula is C16H21N3O2S. The number of hydrogen-bond donors (Lipinski definition) is 1. The van der Waals surface area contributed by atoms with Crippen molar-refractivity contribution in [1.82, 2.24) is 14.9 Å². The largest absolute Gasteiger partial charge is 0.385 e. The number of thioether (sulfide) groups is 1. The number of aromatic nitrogens is 2. The molecule has 0 aliphatic heterocycles.